The second kappa shape index (κ2) is 17.1. The first kappa shape index (κ1) is 45.7. The van der Waals surface area contributed by atoms with Gasteiger partial charge in [0.25, 0.3) is 0 Å². The first-order valence-corrected chi connectivity index (χ1v) is 22.4. The molecule has 0 spiro atoms. The molecule has 0 saturated carbocycles. The number of para-hydroxylation sites is 1. The number of pyridine rings is 1. The summed E-state index contributed by atoms with van der Waals surface area (Å²) in [6, 6.07) is 55.1. The molecule has 2 aromatic heterocycles. The quantitative estimate of drug-likeness (QED) is 0.142. The van der Waals surface area contributed by atoms with Gasteiger partial charge in [-0.15, -0.1) is 53.8 Å². The number of rotatable bonds is 8. The third-order valence-electron chi connectivity index (χ3n) is 12.7. The summed E-state index contributed by atoms with van der Waals surface area (Å²) in [5.41, 5.74) is 11.8. The van der Waals surface area contributed by atoms with Crippen LogP contribution in [-0.2, 0) is 42.7 Å². The predicted octanol–water partition coefficient (Wildman–Crippen LogP) is 15.4. The Morgan fingerprint density at radius 2 is 1.14 bits per heavy atom. The Labute approximate surface area is 401 Å². The zero-order valence-corrected chi connectivity index (χ0v) is 41.8. The van der Waals surface area contributed by atoms with Gasteiger partial charge in [0.1, 0.15) is 5.82 Å². The molecule has 6 heteroatoms. The Morgan fingerprint density at radius 3 is 1.80 bits per heavy atom. The van der Waals surface area contributed by atoms with E-state index in [4.69, 9.17) is 9.72 Å². The van der Waals surface area contributed by atoms with E-state index in [1.54, 1.807) is 0 Å². The van der Waals surface area contributed by atoms with Crippen molar-refractivity contribution in [1.82, 2.24) is 9.55 Å². The van der Waals surface area contributed by atoms with Crippen molar-refractivity contribution < 1.29 is 25.8 Å². The molecule has 6 aromatic carbocycles. The van der Waals surface area contributed by atoms with Gasteiger partial charge in [0.05, 0.1) is 0 Å². The normalized spacial score (nSPS) is 13.5. The second-order valence-corrected chi connectivity index (χ2v) is 20.9. The molecule has 65 heavy (non-hydrogen) atoms. The van der Waals surface area contributed by atoms with Gasteiger partial charge in [-0.2, -0.15) is 0 Å². The number of nitrogens with zero attached hydrogens (tertiary/aromatic N) is 4. The minimum Gasteiger partial charge on any atom is -0.509 e. The number of anilines is 2. The van der Waals surface area contributed by atoms with Crippen LogP contribution in [0, 0.1) is 18.8 Å². The Morgan fingerprint density at radius 1 is 0.538 bits per heavy atom. The van der Waals surface area contributed by atoms with Crippen LogP contribution in [0.2, 0.25) is 0 Å². The Hall–Kier alpha value is -5.90. The third kappa shape index (κ3) is 9.05. The number of benzene rings is 6. The Kier molecular flexibility index (Phi) is 12.0. The molecule has 1 aliphatic heterocycles. The molecular weight excluding hydrogens is 976 g/mol. The van der Waals surface area contributed by atoms with Crippen LogP contribution in [-0.4, -0.2) is 9.55 Å². The van der Waals surface area contributed by atoms with Crippen LogP contribution in [0.5, 0.6) is 11.5 Å². The van der Waals surface area contributed by atoms with Gasteiger partial charge in [-0.05, 0) is 97.6 Å². The van der Waals surface area contributed by atoms with Crippen molar-refractivity contribution in [2.75, 3.05) is 9.80 Å². The number of hydrogen-bond acceptors (Lipinski definition) is 4. The SMILES string of the molecule is CC(C)(C)c1cc(N2C=CN(c3[c-]c(Oc4[c-]c5c(c(C(C)(C)c6ccccc6)c4)c4ccccc4n5-c4cc(C(C)(C)C)ccn4)cc(-c4ccccc4)c3)[CH-]2)cc(C(C)(C)C)c1.[Pt]. The summed E-state index contributed by atoms with van der Waals surface area (Å²) in [7, 11) is 0. The Bertz CT molecular complexity index is 3000. The second-order valence-electron chi connectivity index (χ2n) is 20.9. The molecule has 0 N–H and O–H groups in total. The number of aromatic nitrogens is 2. The fourth-order valence-corrected chi connectivity index (χ4v) is 8.70. The number of hydrogen-bond donors (Lipinski definition) is 0. The van der Waals surface area contributed by atoms with Crippen LogP contribution in [0.25, 0.3) is 38.8 Å². The van der Waals surface area contributed by atoms with E-state index in [2.05, 4.69) is 255 Å². The molecule has 9 rings (SSSR count). The predicted molar refractivity (Wildman–Crippen MR) is 268 cm³/mol. The van der Waals surface area contributed by atoms with E-state index >= 15 is 0 Å². The number of fused-ring (bicyclic) bond motifs is 3. The van der Waals surface area contributed by atoms with Gasteiger partial charge in [0.2, 0.25) is 0 Å². The van der Waals surface area contributed by atoms with E-state index in [1.807, 2.05) is 6.20 Å². The van der Waals surface area contributed by atoms with E-state index in [0.29, 0.717) is 11.5 Å². The smallest absolute Gasteiger partial charge is 0.135 e. The van der Waals surface area contributed by atoms with Crippen LogP contribution >= 0.6 is 0 Å². The molecular formula is C59H59N4OPt-3. The zero-order valence-electron chi connectivity index (χ0n) is 39.5. The first-order valence-electron chi connectivity index (χ1n) is 22.4. The molecule has 334 valence electrons. The third-order valence-corrected chi connectivity index (χ3v) is 12.7. The zero-order chi connectivity index (χ0) is 45.2. The molecule has 0 fully saturated rings. The fraction of sp³-hybridized carbons (Fsp3) is 0.254. The maximum absolute atomic E-state index is 7.08. The van der Waals surface area contributed by atoms with Gasteiger partial charge >= 0.3 is 0 Å². The minimum absolute atomic E-state index is 0. The van der Waals surface area contributed by atoms with Crippen LogP contribution in [0.3, 0.4) is 0 Å². The summed E-state index contributed by atoms with van der Waals surface area (Å²) < 4.78 is 9.34. The molecule has 1 aliphatic rings. The van der Waals surface area contributed by atoms with Crippen molar-refractivity contribution in [3.05, 3.63) is 199 Å². The van der Waals surface area contributed by atoms with Crippen LogP contribution in [0.4, 0.5) is 11.4 Å². The Balaban J connectivity index is 0.00000576. The van der Waals surface area contributed by atoms with Crippen molar-refractivity contribution in [3.63, 3.8) is 0 Å². The van der Waals surface area contributed by atoms with Gasteiger partial charge in [0, 0.05) is 50.0 Å². The van der Waals surface area contributed by atoms with Gasteiger partial charge in [-0.3, -0.25) is 0 Å². The summed E-state index contributed by atoms with van der Waals surface area (Å²) in [6.07, 6.45) is 6.15. The molecule has 0 atom stereocenters. The van der Waals surface area contributed by atoms with Crippen LogP contribution < -0.4 is 14.5 Å². The standard InChI is InChI=1S/C59H59N4O.Pt/c1-56(2,3)43-26-27-60-54(35-43)63-52-25-19-18-24-50(52)55-51(59(10,11)42-22-16-13-17-23-42)37-49(38-53(55)63)64-48-31-41(40-20-14-12-15-21-40)30-46(36-48)61-28-29-62(39-61)47-33-44(57(4,5)6)32-45(34-47)58(7,8)9;/h12-35,37,39H,1-11H3;/q-3;. The molecule has 3 heterocycles. The van der Waals surface area contributed by atoms with Crippen molar-refractivity contribution >= 4 is 33.2 Å². The minimum atomic E-state index is -0.404. The van der Waals surface area contributed by atoms with E-state index in [0.717, 1.165) is 55.7 Å². The van der Waals surface area contributed by atoms with Crippen molar-refractivity contribution in [2.24, 2.45) is 0 Å². The average Bonchev–Trinajstić information content (AvgIpc) is 3.90. The maximum atomic E-state index is 7.08. The van der Waals surface area contributed by atoms with Crippen LogP contribution in [0.15, 0.2) is 152 Å². The van der Waals surface area contributed by atoms with E-state index in [9.17, 15) is 0 Å². The summed E-state index contributed by atoms with van der Waals surface area (Å²) in [5.74, 6) is 2.04. The van der Waals surface area contributed by atoms with Gasteiger partial charge in [-0.1, -0.05) is 172 Å². The van der Waals surface area contributed by atoms with Gasteiger partial charge in [-0.25, -0.2) is 4.98 Å². The summed E-state index contributed by atoms with van der Waals surface area (Å²) in [6.45, 7) is 27.1. The molecule has 5 nitrogen and oxygen atoms in total. The molecule has 0 radical (unpaired) electrons. The molecule has 8 aromatic rings. The molecule has 0 bridgehead atoms. The van der Waals surface area contributed by atoms with E-state index < -0.39 is 5.41 Å². The van der Waals surface area contributed by atoms with Crippen LogP contribution in [0.1, 0.15) is 104 Å². The van der Waals surface area contributed by atoms with E-state index in [-0.39, 0.29) is 37.3 Å². The molecule has 0 amide bonds. The molecule has 0 saturated heterocycles. The van der Waals surface area contributed by atoms with Gasteiger partial charge in [0.15, 0.2) is 0 Å². The maximum Gasteiger partial charge on any atom is 0.135 e. The van der Waals surface area contributed by atoms with E-state index in [1.165, 1.54) is 22.3 Å². The monoisotopic (exact) mass is 1030 g/mol. The fourth-order valence-electron chi connectivity index (χ4n) is 8.70. The largest absolute Gasteiger partial charge is 0.509 e. The molecule has 0 aliphatic carbocycles. The van der Waals surface area contributed by atoms with Crippen molar-refractivity contribution in [2.45, 2.75) is 97.8 Å². The molecule has 0 unspecified atom stereocenters. The average molecular weight is 1040 g/mol. The summed E-state index contributed by atoms with van der Waals surface area (Å²) >= 11 is 0. The number of ether oxygens (including phenoxy) is 1. The first-order chi connectivity index (χ1) is 30.3. The summed E-state index contributed by atoms with van der Waals surface area (Å²) in [4.78, 5) is 9.33. The van der Waals surface area contributed by atoms with Gasteiger partial charge < -0.3 is 19.1 Å². The summed E-state index contributed by atoms with van der Waals surface area (Å²) in [5, 5.41) is 2.27. The van der Waals surface area contributed by atoms with Crippen molar-refractivity contribution in [3.8, 4) is 28.4 Å². The topological polar surface area (TPSA) is 33.5 Å². The van der Waals surface area contributed by atoms with Crippen molar-refractivity contribution in [1.29, 1.82) is 0 Å².